The number of hydrogen-bond donors (Lipinski definition) is 1. The molecule has 1 N–H and O–H groups in total. The molecule has 0 radical (unpaired) electrons. The van der Waals surface area contributed by atoms with Crippen LogP contribution in [-0.2, 0) is 9.53 Å². The normalized spacial score (nSPS) is 37.8. The van der Waals surface area contributed by atoms with Crippen molar-refractivity contribution in [1.82, 2.24) is 10.2 Å². The molecule has 4 atom stereocenters. The van der Waals surface area contributed by atoms with Gasteiger partial charge in [0.2, 0.25) is 0 Å². The predicted octanol–water partition coefficient (Wildman–Crippen LogP) is 2.18. The molecule has 3 rings (SSSR count). The van der Waals surface area contributed by atoms with Gasteiger partial charge >= 0.3 is 5.97 Å². The fourth-order valence-corrected chi connectivity index (χ4v) is 4.75. The minimum Gasteiger partial charge on any atom is -0.466 e. The molecular formula is C17H30N2O2. The van der Waals surface area contributed by atoms with Crippen LogP contribution in [0.1, 0.15) is 51.9 Å². The molecule has 0 amide bonds. The first-order valence-electron chi connectivity index (χ1n) is 8.95. The third-order valence-corrected chi connectivity index (χ3v) is 5.71. The Morgan fingerprint density at radius 2 is 2.00 bits per heavy atom. The van der Waals surface area contributed by atoms with E-state index < -0.39 is 0 Å². The molecule has 0 bridgehead atoms. The lowest BCUT2D eigenvalue weighted by molar-refractivity contribution is -0.157. The second-order valence-electron chi connectivity index (χ2n) is 6.89. The average molecular weight is 294 g/mol. The fraction of sp³-hybridized carbons (Fsp3) is 0.941. The van der Waals surface area contributed by atoms with Gasteiger partial charge in [0.1, 0.15) is 0 Å². The molecule has 0 aromatic carbocycles. The number of nitrogens with zero attached hydrogens (tertiary/aromatic N) is 1. The van der Waals surface area contributed by atoms with Gasteiger partial charge in [0, 0.05) is 12.1 Å². The van der Waals surface area contributed by atoms with Crippen LogP contribution in [0.3, 0.4) is 0 Å². The number of fused-ring (bicyclic) bond motifs is 1. The van der Waals surface area contributed by atoms with Gasteiger partial charge in [-0.05, 0) is 64.6 Å². The van der Waals surface area contributed by atoms with E-state index in [0.29, 0.717) is 24.6 Å². The Morgan fingerprint density at radius 1 is 1.14 bits per heavy atom. The van der Waals surface area contributed by atoms with Gasteiger partial charge in [0.15, 0.2) is 0 Å². The molecule has 3 heterocycles. The largest absolute Gasteiger partial charge is 0.466 e. The summed E-state index contributed by atoms with van der Waals surface area (Å²) in [6, 6.07) is 0.956. The Labute approximate surface area is 128 Å². The van der Waals surface area contributed by atoms with Crippen molar-refractivity contribution >= 4 is 5.97 Å². The lowest BCUT2D eigenvalue weighted by Crippen LogP contribution is -2.58. The molecule has 3 aliphatic heterocycles. The van der Waals surface area contributed by atoms with E-state index in [9.17, 15) is 4.79 Å². The van der Waals surface area contributed by atoms with E-state index >= 15 is 0 Å². The molecule has 0 aliphatic carbocycles. The van der Waals surface area contributed by atoms with Crippen molar-refractivity contribution in [2.45, 2.75) is 64.0 Å². The van der Waals surface area contributed by atoms with Crippen LogP contribution < -0.4 is 5.32 Å². The molecule has 4 nitrogen and oxygen atoms in total. The van der Waals surface area contributed by atoms with E-state index in [-0.39, 0.29) is 11.9 Å². The molecule has 0 aromatic heterocycles. The maximum Gasteiger partial charge on any atom is 0.310 e. The third-order valence-electron chi connectivity index (χ3n) is 5.71. The van der Waals surface area contributed by atoms with E-state index in [1.807, 2.05) is 6.92 Å². The van der Waals surface area contributed by atoms with Gasteiger partial charge in [0.25, 0.3) is 0 Å². The molecule has 21 heavy (non-hydrogen) atoms. The summed E-state index contributed by atoms with van der Waals surface area (Å²) in [6.45, 7) is 5.89. The average Bonchev–Trinajstić information content (AvgIpc) is 2.54. The maximum absolute atomic E-state index is 12.6. The second-order valence-corrected chi connectivity index (χ2v) is 6.89. The Kier molecular flexibility index (Phi) is 5.17. The van der Waals surface area contributed by atoms with Crippen molar-refractivity contribution in [2.75, 3.05) is 26.2 Å². The zero-order valence-electron chi connectivity index (χ0n) is 13.4. The minimum atomic E-state index is 0.0615. The fourth-order valence-electron chi connectivity index (χ4n) is 4.75. The lowest BCUT2D eigenvalue weighted by atomic mass is 9.71. The van der Waals surface area contributed by atoms with Crippen molar-refractivity contribution in [3.63, 3.8) is 0 Å². The first-order valence-corrected chi connectivity index (χ1v) is 8.95. The molecule has 4 heteroatoms. The summed E-state index contributed by atoms with van der Waals surface area (Å²) >= 11 is 0. The molecular weight excluding hydrogens is 264 g/mol. The minimum absolute atomic E-state index is 0.0615. The Bertz CT molecular complexity index is 355. The number of carbonyl (C=O) groups excluding carboxylic acids is 1. The van der Waals surface area contributed by atoms with Crippen molar-refractivity contribution in [3.05, 3.63) is 0 Å². The maximum atomic E-state index is 12.6. The highest BCUT2D eigenvalue weighted by Gasteiger charge is 2.46. The van der Waals surface area contributed by atoms with Crippen molar-refractivity contribution in [2.24, 2.45) is 11.8 Å². The summed E-state index contributed by atoms with van der Waals surface area (Å²) in [7, 11) is 0. The smallest absolute Gasteiger partial charge is 0.310 e. The van der Waals surface area contributed by atoms with Crippen LogP contribution in [0.2, 0.25) is 0 Å². The first kappa shape index (κ1) is 15.3. The van der Waals surface area contributed by atoms with E-state index in [0.717, 1.165) is 13.0 Å². The topological polar surface area (TPSA) is 41.6 Å². The molecule has 0 spiro atoms. The summed E-state index contributed by atoms with van der Waals surface area (Å²) in [4.78, 5) is 15.2. The Hall–Kier alpha value is -0.610. The predicted molar refractivity (Wildman–Crippen MR) is 83.1 cm³/mol. The highest BCUT2D eigenvalue weighted by atomic mass is 16.5. The molecule has 3 saturated heterocycles. The number of ether oxygens (including phenoxy) is 1. The number of hydrogen-bond acceptors (Lipinski definition) is 4. The number of esters is 1. The van der Waals surface area contributed by atoms with Crippen LogP contribution in [0.5, 0.6) is 0 Å². The first-order chi connectivity index (χ1) is 10.3. The Balaban J connectivity index is 1.77. The number of carbonyl (C=O) groups is 1. The highest BCUT2D eigenvalue weighted by Crippen LogP contribution is 2.38. The highest BCUT2D eigenvalue weighted by molar-refractivity contribution is 5.74. The zero-order valence-corrected chi connectivity index (χ0v) is 13.4. The van der Waals surface area contributed by atoms with Crippen molar-refractivity contribution in [3.8, 4) is 0 Å². The van der Waals surface area contributed by atoms with Gasteiger partial charge in [-0.2, -0.15) is 0 Å². The molecule has 3 fully saturated rings. The second kappa shape index (κ2) is 7.10. The summed E-state index contributed by atoms with van der Waals surface area (Å²) in [5, 5.41) is 3.68. The number of piperidine rings is 3. The monoisotopic (exact) mass is 294 g/mol. The van der Waals surface area contributed by atoms with Crippen LogP contribution in [0.15, 0.2) is 0 Å². The van der Waals surface area contributed by atoms with E-state index in [1.54, 1.807) is 0 Å². The van der Waals surface area contributed by atoms with Crippen molar-refractivity contribution < 1.29 is 9.53 Å². The van der Waals surface area contributed by atoms with Crippen LogP contribution in [0.4, 0.5) is 0 Å². The molecule has 120 valence electrons. The van der Waals surface area contributed by atoms with Gasteiger partial charge in [-0.3, -0.25) is 9.69 Å². The van der Waals surface area contributed by atoms with E-state index in [2.05, 4.69) is 10.2 Å². The Morgan fingerprint density at radius 3 is 2.76 bits per heavy atom. The summed E-state index contributed by atoms with van der Waals surface area (Å²) in [5.41, 5.74) is 0. The molecule has 4 unspecified atom stereocenters. The lowest BCUT2D eigenvalue weighted by Gasteiger charge is -2.49. The van der Waals surface area contributed by atoms with E-state index in [4.69, 9.17) is 4.74 Å². The SMILES string of the molecule is CCOC(=O)C1C(C2CCCCN2)CCN2CCCCC12. The van der Waals surface area contributed by atoms with Crippen molar-refractivity contribution in [1.29, 1.82) is 0 Å². The van der Waals surface area contributed by atoms with Gasteiger partial charge in [-0.1, -0.05) is 12.8 Å². The van der Waals surface area contributed by atoms with Gasteiger partial charge in [0.05, 0.1) is 12.5 Å². The van der Waals surface area contributed by atoms with Crippen LogP contribution in [0.25, 0.3) is 0 Å². The van der Waals surface area contributed by atoms with Crippen LogP contribution in [0, 0.1) is 11.8 Å². The summed E-state index contributed by atoms with van der Waals surface area (Å²) < 4.78 is 5.46. The zero-order chi connectivity index (χ0) is 14.7. The quantitative estimate of drug-likeness (QED) is 0.810. The molecule has 0 aromatic rings. The van der Waals surface area contributed by atoms with E-state index in [1.165, 1.54) is 51.6 Å². The van der Waals surface area contributed by atoms with Crippen LogP contribution >= 0.6 is 0 Å². The number of nitrogens with one attached hydrogen (secondary N) is 1. The van der Waals surface area contributed by atoms with Crippen LogP contribution in [-0.4, -0.2) is 49.2 Å². The summed E-state index contributed by atoms with van der Waals surface area (Å²) in [5.74, 6) is 0.629. The molecule has 3 aliphatic rings. The van der Waals surface area contributed by atoms with Gasteiger partial charge < -0.3 is 10.1 Å². The standard InChI is InChI=1S/C17H30N2O2/c1-2-21-17(20)16-13(14-7-3-5-10-18-14)9-12-19-11-6-4-8-15(16)19/h13-16,18H,2-12H2,1H3. The summed E-state index contributed by atoms with van der Waals surface area (Å²) in [6.07, 6.45) is 8.69. The third kappa shape index (κ3) is 3.26. The van der Waals surface area contributed by atoms with Gasteiger partial charge in [-0.25, -0.2) is 0 Å². The number of rotatable bonds is 3. The molecule has 0 saturated carbocycles. The van der Waals surface area contributed by atoms with Gasteiger partial charge in [-0.15, -0.1) is 0 Å².